The van der Waals surface area contributed by atoms with Crippen LogP contribution in [0.1, 0.15) is 55.7 Å². The van der Waals surface area contributed by atoms with Gasteiger partial charge in [0, 0.05) is 23.6 Å². The van der Waals surface area contributed by atoms with Crippen LogP contribution in [0.3, 0.4) is 0 Å². The monoisotopic (exact) mass is 249 g/mol. The van der Waals surface area contributed by atoms with Gasteiger partial charge in [-0.1, -0.05) is 0 Å². The first-order valence-electron chi connectivity index (χ1n) is 7.09. The first kappa shape index (κ1) is 12.2. The van der Waals surface area contributed by atoms with Crippen LogP contribution in [0.15, 0.2) is 6.07 Å². The van der Waals surface area contributed by atoms with Crippen molar-refractivity contribution in [2.24, 2.45) is 0 Å². The number of aryl methyl sites for hydroxylation is 1. The van der Waals surface area contributed by atoms with Gasteiger partial charge in [-0.05, 0) is 52.0 Å². The lowest BCUT2D eigenvalue weighted by Gasteiger charge is -2.38. The van der Waals surface area contributed by atoms with Crippen molar-refractivity contribution in [3.05, 3.63) is 23.0 Å². The summed E-state index contributed by atoms with van der Waals surface area (Å²) in [6.45, 7) is 6.14. The zero-order chi connectivity index (χ0) is 12.8. The van der Waals surface area contributed by atoms with Gasteiger partial charge in [0.05, 0.1) is 18.2 Å². The fraction of sp³-hybridized carbons (Fsp3) is 0.733. The molecule has 0 saturated carbocycles. The van der Waals surface area contributed by atoms with E-state index in [0.717, 1.165) is 44.5 Å². The Morgan fingerprint density at radius 3 is 3.00 bits per heavy atom. The van der Waals surface area contributed by atoms with Gasteiger partial charge in [0.2, 0.25) is 0 Å². The van der Waals surface area contributed by atoms with E-state index in [0.29, 0.717) is 0 Å². The molecule has 2 aliphatic rings. The average molecular weight is 249 g/mol. The average Bonchev–Trinajstić information content (AvgIpc) is 2.68. The number of hydrogen-bond donors (Lipinski definition) is 1. The summed E-state index contributed by atoms with van der Waals surface area (Å²) in [5.41, 5.74) is 3.85. The molecule has 0 spiro atoms. The number of fused-ring (bicyclic) bond motifs is 1. The summed E-state index contributed by atoms with van der Waals surface area (Å²) in [6.07, 6.45) is 5.13. The van der Waals surface area contributed by atoms with E-state index in [1.807, 2.05) is 0 Å². The van der Waals surface area contributed by atoms with E-state index in [2.05, 4.69) is 24.5 Å². The lowest BCUT2D eigenvalue weighted by molar-refractivity contribution is 0.00697. The predicted octanol–water partition coefficient (Wildman–Crippen LogP) is 2.69. The Bertz CT molecular complexity index is 444. The summed E-state index contributed by atoms with van der Waals surface area (Å²) in [5, 5.41) is 10.1. The van der Waals surface area contributed by atoms with Crippen molar-refractivity contribution in [1.82, 2.24) is 4.57 Å². The maximum absolute atomic E-state index is 10.1. The molecule has 0 bridgehead atoms. The van der Waals surface area contributed by atoms with E-state index in [-0.39, 0.29) is 11.6 Å². The fourth-order valence-electron chi connectivity index (χ4n) is 3.73. The molecule has 2 heterocycles. The zero-order valence-electron chi connectivity index (χ0n) is 11.4. The van der Waals surface area contributed by atoms with Crippen LogP contribution in [-0.4, -0.2) is 22.9 Å². The van der Waals surface area contributed by atoms with Crippen molar-refractivity contribution in [3.63, 3.8) is 0 Å². The van der Waals surface area contributed by atoms with Gasteiger partial charge in [0.15, 0.2) is 0 Å². The molecule has 3 rings (SSSR count). The highest BCUT2D eigenvalue weighted by atomic mass is 16.5. The van der Waals surface area contributed by atoms with Crippen LogP contribution in [0.25, 0.3) is 0 Å². The maximum Gasteiger partial charge on any atom is 0.0807 e. The van der Waals surface area contributed by atoms with Crippen molar-refractivity contribution in [1.29, 1.82) is 0 Å². The van der Waals surface area contributed by atoms with Crippen LogP contribution in [0, 0.1) is 6.92 Å². The molecule has 2 atom stereocenters. The molecule has 1 N–H and O–H groups in total. The number of aliphatic hydroxyl groups is 1. The van der Waals surface area contributed by atoms with Crippen LogP contribution in [0.5, 0.6) is 0 Å². The van der Waals surface area contributed by atoms with Gasteiger partial charge in [-0.15, -0.1) is 0 Å². The van der Waals surface area contributed by atoms with E-state index in [9.17, 15) is 5.11 Å². The second-order valence-electron chi connectivity index (χ2n) is 6.08. The van der Waals surface area contributed by atoms with Crippen molar-refractivity contribution >= 4 is 0 Å². The van der Waals surface area contributed by atoms with E-state index in [1.54, 1.807) is 0 Å². The van der Waals surface area contributed by atoms with Gasteiger partial charge in [-0.2, -0.15) is 0 Å². The molecule has 0 amide bonds. The number of aromatic nitrogens is 1. The molecule has 2 unspecified atom stereocenters. The molecule has 3 heteroatoms. The molecule has 1 aromatic rings. The number of rotatable bonds is 1. The molecule has 1 saturated heterocycles. The Hall–Kier alpha value is -0.800. The Labute approximate surface area is 109 Å². The summed E-state index contributed by atoms with van der Waals surface area (Å²) in [6, 6.07) is 2.18. The largest absolute Gasteiger partial charge is 0.388 e. The summed E-state index contributed by atoms with van der Waals surface area (Å²) in [7, 11) is 0. The summed E-state index contributed by atoms with van der Waals surface area (Å²) in [4.78, 5) is 0. The van der Waals surface area contributed by atoms with Gasteiger partial charge < -0.3 is 14.4 Å². The third-order valence-electron chi connectivity index (χ3n) is 4.53. The van der Waals surface area contributed by atoms with Crippen molar-refractivity contribution < 1.29 is 9.84 Å². The Morgan fingerprint density at radius 1 is 1.44 bits per heavy atom. The van der Waals surface area contributed by atoms with Crippen LogP contribution < -0.4 is 0 Å². The molecule has 1 aliphatic heterocycles. The summed E-state index contributed by atoms with van der Waals surface area (Å²) >= 11 is 0. The SMILES string of the molecule is Cc1cc2c(n1C1(C)CCCOC1)CCCC2O. The second-order valence-corrected chi connectivity index (χ2v) is 6.08. The Morgan fingerprint density at radius 2 is 2.28 bits per heavy atom. The van der Waals surface area contributed by atoms with Crippen LogP contribution >= 0.6 is 0 Å². The Balaban J connectivity index is 2.06. The number of hydrogen-bond acceptors (Lipinski definition) is 2. The van der Waals surface area contributed by atoms with Crippen molar-refractivity contribution in [2.45, 2.75) is 57.6 Å². The molecule has 100 valence electrons. The smallest absolute Gasteiger partial charge is 0.0807 e. The minimum Gasteiger partial charge on any atom is -0.388 e. The summed E-state index contributed by atoms with van der Waals surface area (Å²) < 4.78 is 8.15. The normalized spacial score (nSPS) is 32.3. The highest BCUT2D eigenvalue weighted by molar-refractivity contribution is 5.33. The molecule has 0 radical (unpaired) electrons. The number of aliphatic hydroxyl groups excluding tert-OH is 1. The van der Waals surface area contributed by atoms with Crippen molar-refractivity contribution in [3.8, 4) is 0 Å². The van der Waals surface area contributed by atoms with Crippen molar-refractivity contribution in [2.75, 3.05) is 13.2 Å². The molecule has 1 fully saturated rings. The maximum atomic E-state index is 10.1. The standard InChI is InChI=1S/C15H23NO2/c1-11-9-12-13(5-3-6-14(12)17)16(11)15(2)7-4-8-18-10-15/h9,14,17H,3-8,10H2,1-2H3. The molecule has 1 aromatic heterocycles. The van der Waals surface area contributed by atoms with Gasteiger partial charge in [-0.3, -0.25) is 0 Å². The predicted molar refractivity (Wildman–Crippen MR) is 70.8 cm³/mol. The first-order chi connectivity index (χ1) is 8.62. The summed E-state index contributed by atoms with van der Waals surface area (Å²) in [5.74, 6) is 0. The highest BCUT2D eigenvalue weighted by Crippen LogP contribution is 2.38. The van der Waals surface area contributed by atoms with E-state index >= 15 is 0 Å². The zero-order valence-corrected chi connectivity index (χ0v) is 11.4. The number of nitrogens with zero attached hydrogens (tertiary/aromatic N) is 1. The van der Waals surface area contributed by atoms with Crippen LogP contribution in [0.4, 0.5) is 0 Å². The van der Waals surface area contributed by atoms with Gasteiger partial charge in [0.25, 0.3) is 0 Å². The lowest BCUT2D eigenvalue weighted by atomic mass is 9.91. The van der Waals surface area contributed by atoms with Gasteiger partial charge in [0.1, 0.15) is 0 Å². The highest BCUT2D eigenvalue weighted by Gasteiger charge is 2.35. The first-order valence-corrected chi connectivity index (χ1v) is 7.09. The lowest BCUT2D eigenvalue weighted by Crippen LogP contribution is -2.40. The molecule has 0 aromatic carbocycles. The Kier molecular flexibility index (Phi) is 2.99. The minimum absolute atomic E-state index is 0.0764. The molecule has 1 aliphatic carbocycles. The third-order valence-corrected chi connectivity index (χ3v) is 4.53. The fourth-order valence-corrected chi connectivity index (χ4v) is 3.73. The molecular weight excluding hydrogens is 226 g/mol. The number of ether oxygens (including phenoxy) is 1. The second kappa shape index (κ2) is 4.39. The topological polar surface area (TPSA) is 34.4 Å². The van der Waals surface area contributed by atoms with Gasteiger partial charge >= 0.3 is 0 Å². The molecule has 18 heavy (non-hydrogen) atoms. The quantitative estimate of drug-likeness (QED) is 0.830. The van der Waals surface area contributed by atoms with E-state index in [1.165, 1.54) is 17.8 Å². The van der Waals surface area contributed by atoms with Crippen LogP contribution in [0.2, 0.25) is 0 Å². The van der Waals surface area contributed by atoms with E-state index < -0.39 is 0 Å². The van der Waals surface area contributed by atoms with Gasteiger partial charge in [-0.25, -0.2) is 0 Å². The molecular formula is C15H23NO2. The minimum atomic E-state index is -0.262. The van der Waals surface area contributed by atoms with Crippen LogP contribution in [-0.2, 0) is 16.7 Å². The molecule has 3 nitrogen and oxygen atoms in total. The van der Waals surface area contributed by atoms with E-state index in [4.69, 9.17) is 4.74 Å². The third kappa shape index (κ3) is 1.81.